The van der Waals surface area contributed by atoms with E-state index in [4.69, 9.17) is 5.11 Å². The molecule has 0 bridgehead atoms. The van der Waals surface area contributed by atoms with Crippen LogP contribution in [-0.4, -0.2) is 42.3 Å². The van der Waals surface area contributed by atoms with E-state index in [0.717, 1.165) is 6.07 Å². The van der Waals surface area contributed by atoms with Crippen LogP contribution in [0.5, 0.6) is 0 Å². The van der Waals surface area contributed by atoms with E-state index in [1.807, 2.05) is 0 Å². The number of carboxylic acid groups (broad SMARTS) is 1. The highest BCUT2D eigenvalue weighted by Crippen LogP contribution is 2.16. The number of nitrogens with one attached hydrogen (secondary N) is 1. The van der Waals surface area contributed by atoms with Crippen molar-refractivity contribution in [3.63, 3.8) is 0 Å². The van der Waals surface area contributed by atoms with E-state index in [0.29, 0.717) is 5.56 Å². The first-order chi connectivity index (χ1) is 8.74. The maximum absolute atomic E-state index is 12.0. The Morgan fingerprint density at radius 3 is 2.58 bits per heavy atom. The van der Waals surface area contributed by atoms with Crippen LogP contribution in [0.2, 0.25) is 0 Å². The average molecular weight is 305 g/mol. The molecular weight excluding hydrogens is 290 g/mol. The van der Waals surface area contributed by atoms with Gasteiger partial charge < -0.3 is 5.11 Å². The largest absolute Gasteiger partial charge is 0.478 e. The minimum Gasteiger partial charge on any atom is -0.478 e. The first kappa shape index (κ1) is 15.8. The number of sulfonamides is 1. The van der Waals surface area contributed by atoms with Crippen molar-refractivity contribution in [1.29, 1.82) is 0 Å². The van der Waals surface area contributed by atoms with E-state index in [1.54, 1.807) is 6.92 Å². The van der Waals surface area contributed by atoms with Crippen LogP contribution >= 0.6 is 0 Å². The van der Waals surface area contributed by atoms with Crippen molar-refractivity contribution in [3.05, 3.63) is 29.3 Å². The molecule has 0 amide bonds. The van der Waals surface area contributed by atoms with Crippen LogP contribution in [0.25, 0.3) is 0 Å². The van der Waals surface area contributed by atoms with Crippen molar-refractivity contribution in [3.8, 4) is 0 Å². The van der Waals surface area contributed by atoms with Crippen molar-refractivity contribution in [2.24, 2.45) is 0 Å². The first-order valence-electron chi connectivity index (χ1n) is 5.37. The number of carboxylic acids is 1. The number of hydrogen-bond acceptors (Lipinski definition) is 4. The number of aromatic carboxylic acids is 1. The summed E-state index contributed by atoms with van der Waals surface area (Å²) in [6.07, 6.45) is 1.48. The number of rotatable bonds is 6. The summed E-state index contributed by atoms with van der Waals surface area (Å²) in [7, 11) is -4.89. The Morgan fingerprint density at radius 1 is 1.42 bits per heavy atom. The van der Waals surface area contributed by atoms with Gasteiger partial charge in [0.15, 0.2) is 0 Å². The molecule has 0 heterocycles. The molecule has 0 aliphatic heterocycles. The standard InChI is InChI=1S/C11H15NO5S2/c1-8-3-4-9(11(13)14)7-10(8)19(16,17)12-5-6-18(2)15/h3-4,7,12H,5-6H2,1-2H3,(H,13,14). The number of carbonyl (C=O) groups is 1. The predicted octanol–water partition coefficient (Wildman–Crippen LogP) is 0.350. The van der Waals surface area contributed by atoms with Gasteiger partial charge in [-0.2, -0.15) is 0 Å². The summed E-state index contributed by atoms with van der Waals surface area (Å²) in [5.74, 6) is -0.984. The number of hydrogen-bond donors (Lipinski definition) is 2. The van der Waals surface area contributed by atoms with E-state index < -0.39 is 26.8 Å². The van der Waals surface area contributed by atoms with Gasteiger partial charge >= 0.3 is 5.97 Å². The summed E-state index contributed by atoms with van der Waals surface area (Å²) in [4.78, 5) is 10.8. The third-order valence-corrected chi connectivity index (χ3v) is 4.79. The summed E-state index contributed by atoms with van der Waals surface area (Å²) in [6.45, 7) is 1.63. The molecule has 1 rings (SSSR count). The topological polar surface area (TPSA) is 101 Å². The van der Waals surface area contributed by atoms with Crippen molar-refractivity contribution in [1.82, 2.24) is 4.72 Å². The summed E-state index contributed by atoms with van der Waals surface area (Å²) in [5.41, 5.74) is 0.361. The van der Waals surface area contributed by atoms with E-state index in [-0.39, 0.29) is 22.8 Å². The maximum Gasteiger partial charge on any atom is 0.335 e. The van der Waals surface area contributed by atoms with Gasteiger partial charge in [0.1, 0.15) is 0 Å². The summed E-state index contributed by atoms with van der Waals surface area (Å²) >= 11 is 0. The van der Waals surface area contributed by atoms with Gasteiger partial charge in [0, 0.05) is 29.4 Å². The zero-order valence-corrected chi connectivity index (χ0v) is 12.2. The van der Waals surface area contributed by atoms with Crippen LogP contribution in [0.4, 0.5) is 0 Å². The molecule has 1 aromatic rings. The molecule has 106 valence electrons. The summed E-state index contributed by atoms with van der Waals surface area (Å²) in [5, 5.41) is 8.86. The van der Waals surface area contributed by atoms with E-state index in [2.05, 4.69) is 4.72 Å². The Kier molecular flexibility index (Phi) is 5.21. The molecule has 6 nitrogen and oxygen atoms in total. The van der Waals surface area contributed by atoms with E-state index in [1.165, 1.54) is 18.4 Å². The second-order valence-electron chi connectivity index (χ2n) is 3.96. The Labute approximate surface area is 114 Å². The lowest BCUT2D eigenvalue weighted by Gasteiger charge is -2.09. The smallest absolute Gasteiger partial charge is 0.335 e. The van der Waals surface area contributed by atoms with Gasteiger partial charge in [-0.1, -0.05) is 6.07 Å². The SMILES string of the molecule is Cc1ccc(C(=O)O)cc1S(=O)(=O)NCCS(C)=O. The fourth-order valence-electron chi connectivity index (χ4n) is 1.42. The number of benzene rings is 1. The second kappa shape index (κ2) is 6.27. The number of aryl methyl sites for hydroxylation is 1. The molecule has 0 saturated heterocycles. The quantitative estimate of drug-likeness (QED) is 0.790. The van der Waals surface area contributed by atoms with Gasteiger partial charge in [-0.05, 0) is 24.6 Å². The highest BCUT2D eigenvalue weighted by Gasteiger charge is 2.18. The molecule has 2 N–H and O–H groups in total. The third kappa shape index (κ3) is 4.41. The molecule has 0 radical (unpaired) electrons. The van der Waals surface area contributed by atoms with Gasteiger partial charge in [0.2, 0.25) is 10.0 Å². The van der Waals surface area contributed by atoms with Crippen molar-refractivity contribution >= 4 is 26.8 Å². The highest BCUT2D eigenvalue weighted by atomic mass is 32.2. The van der Waals surface area contributed by atoms with E-state index in [9.17, 15) is 17.4 Å². The van der Waals surface area contributed by atoms with Crippen molar-refractivity contribution < 1.29 is 22.5 Å². The molecule has 0 spiro atoms. The Morgan fingerprint density at radius 2 is 2.05 bits per heavy atom. The molecule has 0 aliphatic carbocycles. The fraction of sp³-hybridized carbons (Fsp3) is 0.364. The molecule has 0 aromatic heterocycles. The van der Waals surface area contributed by atoms with Crippen LogP contribution in [0.1, 0.15) is 15.9 Å². The predicted molar refractivity (Wildman–Crippen MR) is 72.3 cm³/mol. The van der Waals surface area contributed by atoms with Gasteiger partial charge in [-0.15, -0.1) is 0 Å². The molecule has 1 unspecified atom stereocenters. The molecule has 0 aliphatic rings. The molecule has 0 fully saturated rings. The Hall–Kier alpha value is -1.25. The minimum absolute atomic E-state index is 0.0438. The van der Waals surface area contributed by atoms with Crippen LogP contribution < -0.4 is 4.72 Å². The van der Waals surface area contributed by atoms with Crippen molar-refractivity contribution in [2.45, 2.75) is 11.8 Å². The molecule has 1 aromatic carbocycles. The zero-order chi connectivity index (χ0) is 14.6. The highest BCUT2D eigenvalue weighted by molar-refractivity contribution is 7.89. The maximum atomic E-state index is 12.0. The van der Waals surface area contributed by atoms with Crippen molar-refractivity contribution in [2.75, 3.05) is 18.6 Å². The lowest BCUT2D eigenvalue weighted by molar-refractivity contribution is 0.0696. The lowest BCUT2D eigenvalue weighted by atomic mass is 10.1. The Bertz CT molecular complexity index is 610. The first-order valence-corrected chi connectivity index (χ1v) is 8.58. The van der Waals surface area contributed by atoms with Crippen LogP contribution in [0.15, 0.2) is 23.1 Å². The summed E-state index contributed by atoms with van der Waals surface area (Å²) < 4.78 is 37.2. The minimum atomic E-state index is -3.79. The van der Waals surface area contributed by atoms with Gasteiger partial charge in [0.25, 0.3) is 0 Å². The molecule has 19 heavy (non-hydrogen) atoms. The Balaban J connectivity index is 3.03. The summed E-state index contributed by atoms with van der Waals surface area (Å²) in [6, 6.07) is 3.90. The molecule has 8 heteroatoms. The molecule has 1 atom stereocenters. The second-order valence-corrected chi connectivity index (χ2v) is 7.25. The zero-order valence-electron chi connectivity index (χ0n) is 10.5. The van der Waals surface area contributed by atoms with Gasteiger partial charge in [0.05, 0.1) is 10.5 Å². The average Bonchev–Trinajstić information content (AvgIpc) is 2.28. The normalized spacial score (nSPS) is 13.2. The van der Waals surface area contributed by atoms with Crippen LogP contribution in [0.3, 0.4) is 0 Å². The van der Waals surface area contributed by atoms with Crippen LogP contribution in [0, 0.1) is 6.92 Å². The third-order valence-electron chi connectivity index (χ3n) is 2.41. The molecule has 0 saturated carbocycles. The van der Waals surface area contributed by atoms with Gasteiger partial charge in [-0.25, -0.2) is 17.9 Å². The fourth-order valence-corrected chi connectivity index (χ4v) is 3.24. The van der Waals surface area contributed by atoms with Gasteiger partial charge in [-0.3, -0.25) is 4.21 Å². The lowest BCUT2D eigenvalue weighted by Crippen LogP contribution is -2.28. The monoisotopic (exact) mass is 305 g/mol. The van der Waals surface area contributed by atoms with E-state index >= 15 is 0 Å². The molecular formula is C11H15NO5S2. The van der Waals surface area contributed by atoms with Crippen LogP contribution in [-0.2, 0) is 20.8 Å².